The molecule has 0 bridgehead atoms. The highest BCUT2D eigenvalue weighted by atomic mass is 16.1. The average Bonchev–Trinajstić information content (AvgIpc) is 2.37. The van der Waals surface area contributed by atoms with E-state index in [0.29, 0.717) is 11.5 Å². The Morgan fingerprint density at radius 2 is 2.20 bits per heavy atom. The van der Waals surface area contributed by atoms with Crippen LogP contribution < -0.4 is 16.4 Å². The minimum absolute atomic E-state index is 0.153. The molecule has 2 rings (SSSR count). The summed E-state index contributed by atoms with van der Waals surface area (Å²) in [6.07, 6.45) is 2.20. The zero-order valence-electron chi connectivity index (χ0n) is 12.5. The summed E-state index contributed by atoms with van der Waals surface area (Å²) in [5.41, 5.74) is 13.9. The monoisotopic (exact) mass is 276 g/mol. The third kappa shape index (κ3) is 2.93. The van der Waals surface area contributed by atoms with E-state index in [0.717, 1.165) is 43.0 Å². The molecule has 1 aliphatic rings. The van der Waals surface area contributed by atoms with Crippen LogP contribution in [0.5, 0.6) is 0 Å². The number of primary amides is 1. The molecule has 5 heteroatoms. The van der Waals surface area contributed by atoms with Crippen molar-refractivity contribution < 1.29 is 4.79 Å². The molecule has 20 heavy (non-hydrogen) atoms. The molecule has 0 saturated carbocycles. The van der Waals surface area contributed by atoms with Crippen molar-refractivity contribution in [3.63, 3.8) is 0 Å². The van der Waals surface area contributed by atoms with Crippen LogP contribution in [0.15, 0.2) is 6.07 Å². The normalized spacial score (nSPS) is 20.8. The van der Waals surface area contributed by atoms with Gasteiger partial charge in [0.05, 0.1) is 5.56 Å². The number of carbonyl (C=O) groups excluding carboxylic acids is 1. The molecule has 1 saturated heterocycles. The van der Waals surface area contributed by atoms with E-state index in [1.807, 2.05) is 26.8 Å². The van der Waals surface area contributed by atoms with Crippen molar-refractivity contribution in [2.45, 2.75) is 39.7 Å². The number of hydrogen-bond donors (Lipinski definition) is 2. The lowest BCUT2D eigenvalue weighted by Crippen LogP contribution is -2.43. The maximum Gasteiger partial charge on any atom is 0.252 e. The molecule has 2 unspecified atom stereocenters. The Morgan fingerprint density at radius 3 is 2.80 bits per heavy atom. The van der Waals surface area contributed by atoms with Crippen molar-refractivity contribution in [2.24, 2.45) is 17.4 Å². The van der Waals surface area contributed by atoms with Gasteiger partial charge in [0.15, 0.2) is 0 Å². The Morgan fingerprint density at radius 1 is 1.50 bits per heavy atom. The predicted octanol–water partition coefficient (Wildman–Crippen LogP) is 1.36. The summed E-state index contributed by atoms with van der Waals surface area (Å²) in [6, 6.07) is 2.05. The van der Waals surface area contributed by atoms with Gasteiger partial charge in [0.1, 0.15) is 5.82 Å². The second-order valence-electron chi connectivity index (χ2n) is 5.85. The number of rotatable bonds is 3. The molecule has 0 aliphatic carbocycles. The molecular formula is C15H24N4O. The Bertz CT molecular complexity index is 513. The first-order valence-corrected chi connectivity index (χ1v) is 7.18. The number of pyridine rings is 1. The van der Waals surface area contributed by atoms with E-state index in [1.54, 1.807) is 0 Å². The second kappa shape index (κ2) is 5.79. The molecule has 2 atom stereocenters. The number of anilines is 1. The zero-order valence-corrected chi connectivity index (χ0v) is 12.5. The van der Waals surface area contributed by atoms with Gasteiger partial charge in [0, 0.05) is 24.8 Å². The van der Waals surface area contributed by atoms with Crippen LogP contribution in [-0.4, -0.2) is 30.0 Å². The summed E-state index contributed by atoms with van der Waals surface area (Å²) in [7, 11) is 0. The standard InChI is InChI=1S/C15H24N4O/c1-9-7-10(2)18-15(13(9)14(17)20)19-6-4-5-12(8-19)11(3)16/h7,11-12H,4-6,8,16H2,1-3H3,(H2,17,20). The van der Waals surface area contributed by atoms with Crippen LogP contribution in [0.2, 0.25) is 0 Å². The van der Waals surface area contributed by atoms with Crippen molar-refractivity contribution in [1.82, 2.24) is 4.98 Å². The Labute approximate surface area is 120 Å². The van der Waals surface area contributed by atoms with Gasteiger partial charge in [-0.2, -0.15) is 0 Å². The van der Waals surface area contributed by atoms with E-state index >= 15 is 0 Å². The van der Waals surface area contributed by atoms with Gasteiger partial charge >= 0.3 is 0 Å². The fourth-order valence-corrected chi connectivity index (χ4v) is 2.98. The molecule has 0 radical (unpaired) electrons. The molecule has 1 aromatic rings. The van der Waals surface area contributed by atoms with Crippen LogP contribution in [0.1, 0.15) is 41.4 Å². The summed E-state index contributed by atoms with van der Waals surface area (Å²) in [6.45, 7) is 7.63. The number of hydrogen-bond acceptors (Lipinski definition) is 4. The SMILES string of the molecule is Cc1cc(C)c(C(N)=O)c(N2CCCC(C(C)N)C2)n1. The quantitative estimate of drug-likeness (QED) is 0.873. The highest BCUT2D eigenvalue weighted by Gasteiger charge is 2.27. The van der Waals surface area contributed by atoms with E-state index in [-0.39, 0.29) is 6.04 Å². The third-order valence-corrected chi connectivity index (χ3v) is 4.07. The number of carbonyl (C=O) groups is 1. The molecule has 2 heterocycles. The predicted molar refractivity (Wildman–Crippen MR) is 80.8 cm³/mol. The zero-order chi connectivity index (χ0) is 14.9. The van der Waals surface area contributed by atoms with Gasteiger partial charge < -0.3 is 16.4 Å². The van der Waals surface area contributed by atoms with Crippen molar-refractivity contribution in [3.05, 3.63) is 22.9 Å². The van der Waals surface area contributed by atoms with Gasteiger partial charge in [-0.25, -0.2) is 4.98 Å². The highest BCUT2D eigenvalue weighted by molar-refractivity contribution is 5.99. The van der Waals surface area contributed by atoms with E-state index < -0.39 is 5.91 Å². The minimum atomic E-state index is -0.409. The molecule has 1 aromatic heterocycles. The third-order valence-electron chi connectivity index (χ3n) is 4.07. The second-order valence-corrected chi connectivity index (χ2v) is 5.85. The molecule has 0 aromatic carbocycles. The number of piperidine rings is 1. The molecule has 4 N–H and O–H groups in total. The lowest BCUT2D eigenvalue weighted by molar-refractivity contribution is 0.0999. The first-order chi connectivity index (χ1) is 9.40. The summed E-state index contributed by atoms with van der Waals surface area (Å²) in [5, 5.41) is 0. The Balaban J connectivity index is 2.38. The number of aryl methyl sites for hydroxylation is 2. The largest absolute Gasteiger partial charge is 0.365 e. The minimum Gasteiger partial charge on any atom is -0.365 e. The number of nitrogens with two attached hydrogens (primary N) is 2. The molecule has 1 amide bonds. The number of amides is 1. The molecule has 0 spiro atoms. The summed E-state index contributed by atoms with van der Waals surface area (Å²) < 4.78 is 0. The van der Waals surface area contributed by atoms with Crippen LogP contribution in [0, 0.1) is 19.8 Å². The molecule has 110 valence electrons. The van der Waals surface area contributed by atoms with Crippen LogP contribution in [0.4, 0.5) is 5.82 Å². The van der Waals surface area contributed by atoms with Crippen molar-refractivity contribution >= 4 is 11.7 Å². The summed E-state index contributed by atoms with van der Waals surface area (Å²) in [4.78, 5) is 18.5. The van der Waals surface area contributed by atoms with Gasteiger partial charge in [0.2, 0.25) is 0 Å². The van der Waals surface area contributed by atoms with Crippen LogP contribution in [-0.2, 0) is 0 Å². The van der Waals surface area contributed by atoms with Gasteiger partial charge in [-0.3, -0.25) is 4.79 Å². The van der Waals surface area contributed by atoms with Crippen LogP contribution >= 0.6 is 0 Å². The topological polar surface area (TPSA) is 85.2 Å². The maximum absolute atomic E-state index is 11.7. The van der Waals surface area contributed by atoms with Crippen molar-refractivity contribution in [2.75, 3.05) is 18.0 Å². The van der Waals surface area contributed by atoms with Crippen LogP contribution in [0.3, 0.4) is 0 Å². The summed E-state index contributed by atoms with van der Waals surface area (Å²) >= 11 is 0. The Kier molecular flexibility index (Phi) is 4.28. The van der Waals surface area contributed by atoms with Crippen molar-refractivity contribution in [1.29, 1.82) is 0 Å². The van der Waals surface area contributed by atoms with Crippen molar-refractivity contribution in [3.8, 4) is 0 Å². The fourth-order valence-electron chi connectivity index (χ4n) is 2.98. The van der Waals surface area contributed by atoms with E-state index in [9.17, 15) is 4.79 Å². The van der Waals surface area contributed by atoms with E-state index in [4.69, 9.17) is 11.5 Å². The molecular weight excluding hydrogens is 252 g/mol. The van der Waals surface area contributed by atoms with Gasteiger partial charge in [-0.05, 0) is 51.2 Å². The first kappa shape index (κ1) is 14.8. The van der Waals surface area contributed by atoms with E-state index in [1.165, 1.54) is 0 Å². The van der Waals surface area contributed by atoms with Gasteiger partial charge in [-0.15, -0.1) is 0 Å². The van der Waals surface area contributed by atoms with Gasteiger partial charge in [0.25, 0.3) is 5.91 Å². The number of aromatic nitrogens is 1. The lowest BCUT2D eigenvalue weighted by Gasteiger charge is -2.36. The number of nitrogens with zero attached hydrogens (tertiary/aromatic N) is 2. The molecule has 5 nitrogen and oxygen atoms in total. The Hall–Kier alpha value is -1.62. The van der Waals surface area contributed by atoms with E-state index in [2.05, 4.69) is 9.88 Å². The fraction of sp³-hybridized carbons (Fsp3) is 0.600. The smallest absolute Gasteiger partial charge is 0.252 e. The lowest BCUT2D eigenvalue weighted by atomic mass is 9.91. The van der Waals surface area contributed by atoms with Crippen LogP contribution in [0.25, 0.3) is 0 Å². The highest BCUT2D eigenvalue weighted by Crippen LogP contribution is 2.28. The first-order valence-electron chi connectivity index (χ1n) is 7.18. The summed E-state index contributed by atoms with van der Waals surface area (Å²) in [5.74, 6) is 0.750. The molecule has 1 aliphatic heterocycles. The van der Waals surface area contributed by atoms with Gasteiger partial charge in [-0.1, -0.05) is 0 Å². The molecule has 1 fully saturated rings. The average molecular weight is 276 g/mol. The maximum atomic E-state index is 11.7.